The van der Waals surface area contributed by atoms with Crippen molar-refractivity contribution in [3.63, 3.8) is 0 Å². The highest BCUT2D eigenvalue weighted by atomic mass is 32.1. The van der Waals surface area contributed by atoms with Crippen LogP contribution in [-0.2, 0) is 0 Å². The summed E-state index contributed by atoms with van der Waals surface area (Å²) in [4.78, 5) is 1.48. The van der Waals surface area contributed by atoms with Gasteiger partial charge in [0.15, 0.2) is 0 Å². The Hall–Kier alpha value is -0.340. The first-order valence-electron chi connectivity index (χ1n) is 5.93. The number of nitrogens with one attached hydrogen (secondary N) is 1. The summed E-state index contributed by atoms with van der Waals surface area (Å²) in [6.07, 6.45) is 1.20. The summed E-state index contributed by atoms with van der Waals surface area (Å²) in [5.74, 6) is 1.41. The Balaban J connectivity index is 2.69. The average molecular weight is 225 g/mol. The van der Waals surface area contributed by atoms with Gasteiger partial charge in [-0.3, -0.25) is 0 Å². The molecular weight excluding hydrogens is 202 g/mol. The standard InChI is InChI=1S/C13H23NS/c1-5-8-14-13(11(4)10(2)3)12-7-6-9-15-12/h6-7,9-11,13-14H,5,8H2,1-4H3. The van der Waals surface area contributed by atoms with Gasteiger partial charge in [-0.25, -0.2) is 0 Å². The Morgan fingerprint density at radius 3 is 2.53 bits per heavy atom. The van der Waals surface area contributed by atoms with Crippen LogP contribution in [0, 0.1) is 11.8 Å². The smallest absolute Gasteiger partial charge is 0.0443 e. The molecule has 1 aromatic rings. The number of rotatable bonds is 6. The van der Waals surface area contributed by atoms with E-state index in [2.05, 4.69) is 50.5 Å². The first-order chi connectivity index (χ1) is 7.16. The summed E-state index contributed by atoms with van der Waals surface area (Å²) in [6, 6.07) is 4.93. The number of hydrogen-bond donors (Lipinski definition) is 1. The maximum absolute atomic E-state index is 3.66. The van der Waals surface area contributed by atoms with Crippen LogP contribution in [0.5, 0.6) is 0 Å². The van der Waals surface area contributed by atoms with E-state index < -0.39 is 0 Å². The molecule has 2 atom stereocenters. The van der Waals surface area contributed by atoms with E-state index in [9.17, 15) is 0 Å². The molecular formula is C13H23NS. The maximum atomic E-state index is 3.66. The summed E-state index contributed by atoms with van der Waals surface area (Å²) < 4.78 is 0. The zero-order chi connectivity index (χ0) is 11.3. The van der Waals surface area contributed by atoms with E-state index in [1.807, 2.05) is 11.3 Å². The molecule has 1 nitrogen and oxygen atoms in total. The fourth-order valence-electron chi connectivity index (χ4n) is 1.70. The zero-order valence-corrected chi connectivity index (χ0v) is 11.1. The molecule has 0 aliphatic heterocycles. The van der Waals surface area contributed by atoms with Crippen LogP contribution in [0.15, 0.2) is 17.5 Å². The lowest BCUT2D eigenvalue weighted by Crippen LogP contribution is -2.29. The lowest BCUT2D eigenvalue weighted by atomic mass is 9.89. The van der Waals surface area contributed by atoms with E-state index in [1.54, 1.807) is 0 Å². The van der Waals surface area contributed by atoms with Gasteiger partial charge in [0.2, 0.25) is 0 Å². The quantitative estimate of drug-likeness (QED) is 0.769. The van der Waals surface area contributed by atoms with Crippen molar-refractivity contribution in [3.05, 3.63) is 22.4 Å². The Morgan fingerprint density at radius 1 is 1.33 bits per heavy atom. The Morgan fingerprint density at radius 2 is 2.07 bits per heavy atom. The summed E-state index contributed by atoms with van der Waals surface area (Å²) in [5.41, 5.74) is 0. The first kappa shape index (κ1) is 12.7. The molecule has 0 fully saturated rings. The average Bonchev–Trinajstić information content (AvgIpc) is 2.71. The van der Waals surface area contributed by atoms with Gasteiger partial charge < -0.3 is 5.32 Å². The van der Waals surface area contributed by atoms with Gasteiger partial charge in [0.25, 0.3) is 0 Å². The molecule has 0 aliphatic rings. The SMILES string of the molecule is CCCNC(c1cccs1)C(C)C(C)C. The molecule has 0 bridgehead atoms. The van der Waals surface area contributed by atoms with Gasteiger partial charge in [0.1, 0.15) is 0 Å². The monoisotopic (exact) mass is 225 g/mol. The van der Waals surface area contributed by atoms with E-state index in [-0.39, 0.29) is 0 Å². The van der Waals surface area contributed by atoms with Crippen molar-refractivity contribution >= 4 is 11.3 Å². The molecule has 2 unspecified atom stereocenters. The summed E-state index contributed by atoms with van der Waals surface area (Å²) in [6.45, 7) is 10.3. The van der Waals surface area contributed by atoms with Gasteiger partial charge in [0, 0.05) is 10.9 Å². The molecule has 1 N–H and O–H groups in total. The lowest BCUT2D eigenvalue weighted by molar-refractivity contribution is 0.307. The molecule has 0 aliphatic carbocycles. The predicted molar refractivity (Wildman–Crippen MR) is 69.4 cm³/mol. The van der Waals surface area contributed by atoms with Gasteiger partial charge in [-0.05, 0) is 36.2 Å². The van der Waals surface area contributed by atoms with Crippen molar-refractivity contribution in [2.75, 3.05) is 6.54 Å². The topological polar surface area (TPSA) is 12.0 Å². The molecule has 0 spiro atoms. The first-order valence-corrected chi connectivity index (χ1v) is 6.81. The van der Waals surface area contributed by atoms with Crippen LogP contribution in [0.1, 0.15) is 45.0 Å². The highest BCUT2D eigenvalue weighted by Gasteiger charge is 2.21. The number of hydrogen-bond acceptors (Lipinski definition) is 2. The molecule has 1 heterocycles. The molecule has 1 rings (SSSR count). The third kappa shape index (κ3) is 3.62. The third-order valence-corrected chi connectivity index (χ3v) is 4.00. The van der Waals surface area contributed by atoms with Crippen LogP contribution in [-0.4, -0.2) is 6.54 Å². The van der Waals surface area contributed by atoms with Crippen LogP contribution >= 0.6 is 11.3 Å². The van der Waals surface area contributed by atoms with Crippen LogP contribution in [0.2, 0.25) is 0 Å². The van der Waals surface area contributed by atoms with E-state index >= 15 is 0 Å². The van der Waals surface area contributed by atoms with Crippen molar-refractivity contribution in [2.24, 2.45) is 11.8 Å². The van der Waals surface area contributed by atoms with Crippen molar-refractivity contribution < 1.29 is 0 Å². The predicted octanol–water partition coefficient (Wildman–Crippen LogP) is 4.08. The van der Waals surface area contributed by atoms with E-state index in [4.69, 9.17) is 0 Å². The minimum atomic E-state index is 0.532. The fraction of sp³-hybridized carbons (Fsp3) is 0.692. The molecule has 0 amide bonds. The largest absolute Gasteiger partial charge is 0.309 e. The van der Waals surface area contributed by atoms with Gasteiger partial charge in [-0.1, -0.05) is 33.8 Å². The maximum Gasteiger partial charge on any atom is 0.0443 e. The second-order valence-electron chi connectivity index (χ2n) is 4.55. The second kappa shape index (κ2) is 6.29. The molecule has 0 saturated carbocycles. The summed E-state index contributed by atoms with van der Waals surface area (Å²) in [7, 11) is 0. The Bertz CT molecular complexity index is 254. The van der Waals surface area contributed by atoms with E-state index in [0.717, 1.165) is 12.5 Å². The normalized spacial score (nSPS) is 15.5. The van der Waals surface area contributed by atoms with Crippen molar-refractivity contribution in [1.29, 1.82) is 0 Å². The summed E-state index contributed by atoms with van der Waals surface area (Å²) in [5, 5.41) is 5.83. The van der Waals surface area contributed by atoms with Gasteiger partial charge >= 0.3 is 0 Å². The van der Waals surface area contributed by atoms with E-state index in [1.165, 1.54) is 11.3 Å². The van der Waals surface area contributed by atoms with Crippen LogP contribution in [0.3, 0.4) is 0 Å². The molecule has 86 valence electrons. The second-order valence-corrected chi connectivity index (χ2v) is 5.53. The van der Waals surface area contributed by atoms with Gasteiger partial charge in [-0.15, -0.1) is 11.3 Å². The molecule has 2 heteroatoms. The van der Waals surface area contributed by atoms with Crippen LogP contribution < -0.4 is 5.32 Å². The van der Waals surface area contributed by atoms with Crippen LogP contribution in [0.4, 0.5) is 0 Å². The zero-order valence-electron chi connectivity index (χ0n) is 10.3. The minimum Gasteiger partial charge on any atom is -0.309 e. The molecule has 0 aromatic carbocycles. The van der Waals surface area contributed by atoms with Crippen molar-refractivity contribution in [3.8, 4) is 0 Å². The molecule has 0 saturated heterocycles. The highest BCUT2D eigenvalue weighted by Crippen LogP contribution is 2.30. The third-order valence-electron chi connectivity index (χ3n) is 3.04. The summed E-state index contributed by atoms with van der Waals surface area (Å²) >= 11 is 1.86. The molecule has 1 aromatic heterocycles. The van der Waals surface area contributed by atoms with Crippen molar-refractivity contribution in [1.82, 2.24) is 5.32 Å². The highest BCUT2D eigenvalue weighted by molar-refractivity contribution is 7.10. The minimum absolute atomic E-state index is 0.532. The fourth-order valence-corrected chi connectivity index (χ4v) is 2.61. The number of thiophene rings is 1. The molecule has 15 heavy (non-hydrogen) atoms. The lowest BCUT2D eigenvalue weighted by Gasteiger charge is -2.27. The van der Waals surface area contributed by atoms with Gasteiger partial charge in [-0.2, -0.15) is 0 Å². The Kier molecular flexibility index (Phi) is 5.34. The van der Waals surface area contributed by atoms with Crippen molar-refractivity contribution in [2.45, 2.75) is 40.2 Å². The van der Waals surface area contributed by atoms with Gasteiger partial charge in [0.05, 0.1) is 0 Å². The van der Waals surface area contributed by atoms with Crippen LogP contribution in [0.25, 0.3) is 0 Å². The Labute approximate surface area is 97.9 Å². The molecule has 0 radical (unpaired) electrons. The van der Waals surface area contributed by atoms with E-state index in [0.29, 0.717) is 12.0 Å².